The van der Waals surface area contributed by atoms with Crippen LogP contribution in [0.2, 0.25) is 0 Å². The minimum Gasteiger partial charge on any atom is -0.476 e. The fourth-order valence-corrected chi connectivity index (χ4v) is 4.66. The standard InChI is InChI=1S/C21H22F5N7O/c1-2-34-18-14-8-28-19(29-17(14)33(30-18)9-16(22)23)31-6-4-20(10-31)11-32(12-20)13-3-5-27-15(7-13)21(24,25)26/h3,5,7-8,16H,2,4,6,9-12H2,1H3. The molecular weight excluding hydrogens is 461 g/mol. The molecule has 2 aliphatic rings. The van der Waals surface area contributed by atoms with Crippen LogP contribution in [0.1, 0.15) is 19.0 Å². The molecular formula is C21H22F5N7O. The molecule has 8 nitrogen and oxygen atoms in total. The van der Waals surface area contributed by atoms with Crippen LogP contribution in [0.4, 0.5) is 33.6 Å². The lowest BCUT2D eigenvalue weighted by molar-refractivity contribution is -0.141. The molecule has 0 atom stereocenters. The van der Waals surface area contributed by atoms with Crippen molar-refractivity contribution in [1.29, 1.82) is 0 Å². The number of aromatic nitrogens is 5. The summed E-state index contributed by atoms with van der Waals surface area (Å²) in [6.45, 7) is 3.98. The molecule has 1 spiro atoms. The molecule has 2 fully saturated rings. The van der Waals surface area contributed by atoms with Gasteiger partial charge in [0.2, 0.25) is 11.8 Å². The second kappa shape index (κ2) is 8.20. The van der Waals surface area contributed by atoms with Gasteiger partial charge in [-0.25, -0.2) is 18.4 Å². The van der Waals surface area contributed by atoms with E-state index in [1.165, 1.54) is 12.4 Å². The van der Waals surface area contributed by atoms with E-state index in [4.69, 9.17) is 4.74 Å². The van der Waals surface area contributed by atoms with Crippen LogP contribution >= 0.6 is 0 Å². The van der Waals surface area contributed by atoms with Gasteiger partial charge in [0.25, 0.3) is 6.43 Å². The molecule has 0 amide bonds. The molecule has 5 heterocycles. The van der Waals surface area contributed by atoms with Gasteiger partial charge in [-0.1, -0.05) is 0 Å². The Labute approximate surface area is 191 Å². The Morgan fingerprint density at radius 3 is 2.62 bits per heavy atom. The summed E-state index contributed by atoms with van der Waals surface area (Å²) < 4.78 is 71.6. The van der Waals surface area contributed by atoms with Gasteiger partial charge in [0.05, 0.1) is 6.61 Å². The third-order valence-corrected chi connectivity index (χ3v) is 6.21. The van der Waals surface area contributed by atoms with E-state index in [1.807, 2.05) is 9.80 Å². The van der Waals surface area contributed by atoms with E-state index in [0.717, 1.165) is 17.2 Å². The topological polar surface area (TPSA) is 72.2 Å². The normalized spacial score (nSPS) is 17.7. The molecule has 0 bridgehead atoms. The van der Waals surface area contributed by atoms with Gasteiger partial charge >= 0.3 is 6.18 Å². The van der Waals surface area contributed by atoms with Gasteiger partial charge in [0.15, 0.2) is 5.65 Å². The average Bonchev–Trinajstić information content (AvgIpc) is 3.35. The van der Waals surface area contributed by atoms with E-state index in [1.54, 1.807) is 13.0 Å². The molecule has 0 aliphatic carbocycles. The number of halogens is 5. The molecule has 0 aromatic carbocycles. The minimum absolute atomic E-state index is 0.0975. The highest BCUT2D eigenvalue weighted by atomic mass is 19.4. The van der Waals surface area contributed by atoms with Gasteiger partial charge in [-0.3, -0.25) is 4.98 Å². The highest BCUT2D eigenvalue weighted by Crippen LogP contribution is 2.43. The van der Waals surface area contributed by atoms with Gasteiger partial charge in [-0.15, -0.1) is 5.10 Å². The number of hydrogen-bond donors (Lipinski definition) is 0. The van der Waals surface area contributed by atoms with E-state index in [9.17, 15) is 22.0 Å². The molecule has 2 aliphatic heterocycles. The summed E-state index contributed by atoms with van der Waals surface area (Å²) in [5.41, 5.74) is -0.239. The number of rotatable bonds is 6. The molecule has 3 aromatic rings. The third-order valence-electron chi connectivity index (χ3n) is 6.21. The summed E-state index contributed by atoms with van der Waals surface area (Å²) in [5, 5.41) is 4.58. The van der Waals surface area contributed by atoms with Crippen LogP contribution in [0, 0.1) is 5.41 Å². The number of nitrogens with zero attached hydrogens (tertiary/aromatic N) is 7. The Hall–Kier alpha value is -3.25. The van der Waals surface area contributed by atoms with Crippen LogP contribution in [-0.4, -0.2) is 63.9 Å². The van der Waals surface area contributed by atoms with Gasteiger partial charge in [0.1, 0.15) is 17.6 Å². The van der Waals surface area contributed by atoms with Crippen LogP contribution in [-0.2, 0) is 12.7 Å². The first-order valence-corrected chi connectivity index (χ1v) is 10.9. The molecule has 0 N–H and O–H groups in total. The van der Waals surface area contributed by atoms with Crippen molar-refractivity contribution >= 4 is 22.7 Å². The first-order valence-electron chi connectivity index (χ1n) is 10.9. The molecule has 3 aromatic heterocycles. The quantitative estimate of drug-likeness (QED) is 0.496. The number of alkyl halides is 5. The van der Waals surface area contributed by atoms with Crippen LogP contribution in [0.25, 0.3) is 11.0 Å². The monoisotopic (exact) mass is 483 g/mol. The second-order valence-corrected chi connectivity index (χ2v) is 8.64. The lowest BCUT2D eigenvalue weighted by Crippen LogP contribution is -2.57. The first-order chi connectivity index (χ1) is 16.2. The van der Waals surface area contributed by atoms with Crippen molar-refractivity contribution in [3.8, 4) is 5.88 Å². The SMILES string of the molecule is CCOc1nn(CC(F)F)c2nc(N3CCC4(CN(c5ccnc(C(F)(F)F)c5)C4)C3)ncc12. The molecule has 0 unspecified atom stereocenters. The van der Waals surface area contributed by atoms with Crippen LogP contribution in [0.3, 0.4) is 0 Å². The first kappa shape index (κ1) is 22.5. The molecule has 13 heteroatoms. The zero-order chi connectivity index (χ0) is 24.1. The molecule has 2 saturated heterocycles. The van der Waals surface area contributed by atoms with Gasteiger partial charge in [-0.05, 0) is 25.5 Å². The van der Waals surface area contributed by atoms with E-state index >= 15 is 0 Å². The van der Waals surface area contributed by atoms with Crippen molar-refractivity contribution in [2.75, 3.05) is 42.6 Å². The maximum atomic E-state index is 13.0. The smallest absolute Gasteiger partial charge is 0.433 e. The Morgan fingerprint density at radius 2 is 1.91 bits per heavy atom. The summed E-state index contributed by atoms with van der Waals surface area (Å²) >= 11 is 0. The van der Waals surface area contributed by atoms with Gasteiger partial charge in [0, 0.05) is 49.7 Å². The number of fused-ring (bicyclic) bond motifs is 1. The lowest BCUT2D eigenvalue weighted by atomic mass is 9.79. The Kier molecular flexibility index (Phi) is 5.44. The Morgan fingerprint density at radius 1 is 1.15 bits per heavy atom. The number of ether oxygens (including phenoxy) is 1. The van der Waals surface area contributed by atoms with Crippen molar-refractivity contribution in [3.05, 3.63) is 30.2 Å². The lowest BCUT2D eigenvalue weighted by Gasteiger charge is -2.49. The highest BCUT2D eigenvalue weighted by molar-refractivity contribution is 5.81. The van der Waals surface area contributed by atoms with Gasteiger partial charge in [-0.2, -0.15) is 18.2 Å². The van der Waals surface area contributed by atoms with Crippen LogP contribution in [0.5, 0.6) is 5.88 Å². The maximum absolute atomic E-state index is 13.0. The molecule has 182 valence electrons. The van der Waals surface area contributed by atoms with E-state index in [-0.39, 0.29) is 16.9 Å². The molecule has 0 saturated carbocycles. The largest absolute Gasteiger partial charge is 0.476 e. The summed E-state index contributed by atoms with van der Waals surface area (Å²) in [6, 6.07) is 2.64. The third kappa shape index (κ3) is 4.07. The number of hydrogen-bond acceptors (Lipinski definition) is 7. The Balaban J connectivity index is 1.32. The number of anilines is 2. The highest BCUT2D eigenvalue weighted by Gasteiger charge is 2.48. The summed E-state index contributed by atoms with van der Waals surface area (Å²) in [6.07, 6.45) is -3.56. The van der Waals surface area contributed by atoms with Crippen molar-refractivity contribution in [2.24, 2.45) is 5.41 Å². The predicted octanol–water partition coefficient (Wildman–Crippen LogP) is 3.62. The molecule has 5 rings (SSSR count). The zero-order valence-electron chi connectivity index (χ0n) is 18.3. The van der Waals surface area contributed by atoms with Crippen LogP contribution < -0.4 is 14.5 Å². The molecule has 34 heavy (non-hydrogen) atoms. The van der Waals surface area contributed by atoms with Crippen molar-refractivity contribution < 1.29 is 26.7 Å². The second-order valence-electron chi connectivity index (χ2n) is 8.64. The minimum atomic E-state index is -4.49. The van der Waals surface area contributed by atoms with E-state index in [0.29, 0.717) is 49.8 Å². The van der Waals surface area contributed by atoms with Crippen molar-refractivity contribution in [3.63, 3.8) is 0 Å². The maximum Gasteiger partial charge on any atom is 0.433 e. The van der Waals surface area contributed by atoms with E-state index < -0.39 is 24.8 Å². The van der Waals surface area contributed by atoms with Crippen molar-refractivity contribution in [1.82, 2.24) is 24.7 Å². The summed E-state index contributed by atoms with van der Waals surface area (Å²) in [5.74, 6) is 0.623. The fraction of sp³-hybridized carbons (Fsp3) is 0.524. The molecule has 0 radical (unpaired) electrons. The zero-order valence-corrected chi connectivity index (χ0v) is 18.3. The average molecular weight is 483 g/mol. The van der Waals surface area contributed by atoms with Crippen LogP contribution in [0.15, 0.2) is 24.5 Å². The predicted molar refractivity (Wildman–Crippen MR) is 113 cm³/mol. The summed E-state index contributed by atoms with van der Waals surface area (Å²) in [7, 11) is 0. The number of pyridine rings is 1. The van der Waals surface area contributed by atoms with E-state index in [2.05, 4.69) is 20.1 Å². The van der Waals surface area contributed by atoms with Crippen molar-refractivity contribution in [2.45, 2.75) is 32.5 Å². The Bertz CT molecular complexity index is 1190. The summed E-state index contributed by atoms with van der Waals surface area (Å²) in [4.78, 5) is 16.2. The van der Waals surface area contributed by atoms with Gasteiger partial charge < -0.3 is 14.5 Å². The fourth-order valence-electron chi connectivity index (χ4n) is 4.66.